The van der Waals surface area contributed by atoms with Gasteiger partial charge in [0.25, 0.3) is 0 Å². The molecular weight excluding hydrogens is 348 g/mol. The summed E-state index contributed by atoms with van der Waals surface area (Å²) in [5, 5.41) is 7.20. The van der Waals surface area contributed by atoms with E-state index in [9.17, 15) is 0 Å². The van der Waals surface area contributed by atoms with E-state index in [0.29, 0.717) is 0 Å². The topological polar surface area (TPSA) is 42.5 Å². The molecular formula is C24H42N2O2. The third-order valence-electron chi connectivity index (χ3n) is 5.95. The molecule has 0 atom stereocenters. The van der Waals surface area contributed by atoms with Gasteiger partial charge in [0, 0.05) is 0 Å². The smallest absolute Gasteiger partial charge is 0.160 e. The lowest BCUT2D eigenvalue weighted by molar-refractivity contribution is 0.333. The lowest BCUT2D eigenvalue weighted by Crippen LogP contribution is -2.20. The van der Waals surface area contributed by atoms with Gasteiger partial charge in [0.1, 0.15) is 0 Å². The maximum Gasteiger partial charge on any atom is 0.160 e. The van der Waals surface area contributed by atoms with Crippen molar-refractivity contribution in [3.05, 3.63) is 23.8 Å². The fourth-order valence-corrected chi connectivity index (χ4v) is 4.15. The largest absolute Gasteiger partial charge is 0.493 e. The Morgan fingerprint density at radius 2 is 1.46 bits per heavy atom. The Balaban J connectivity index is 1.38. The molecule has 0 unspecified atom stereocenters. The van der Waals surface area contributed by atoms with Gasteiger partial charge < -0.3 is 20.1 Å². The Morgan fingerprint density at radius 3 is 2.14 bits per heavy atom. The van der Waals surface area contributed by atoms with Gasteiger partial charge in [0.05, 0.1) is 14.2 Å². The van der Waals surface area contributed by atoms with Crippen LogP contribution in [0.15, 0.2) is 18.2 Å². The van der Waals surface area contributed by atoms with Crippen LogP contribution >= 0.6 is 0 Å². The molecule has 2 N–H and O–H groups in total. The Hall–Kier alpha value is -1.26. The Kier molecular flexibility index (Phi) is 12.1. The highest BCUT2D eigenvalue weighted by Crippen LogP contribution is 2.27. The van der Waals surface area contributed by atoms with E-state index in [1.807, 2.05) is 6.07 Å². The monoisotopic (exact) mass is 390 g/mol. The van der Waals surface area contributed by atoms with E-state index in [1.165, 1.54) is 82.9 Å². The zero-order valence-electron chi connectivity index (χ0n) is 18.2. The van der Waals surface area contributed by atoms with E-state index < -0.39 is 0 Å². The molecule has 1 aromatic carbocycles. The van der Waals surface area contributed by atoms with Crippen LogP contribution in [-0.2, 0) is 6.42 Å². The molecule has 0 radical (unpaired) electrons. The van der Waals surface area contributed by atoms with Crippen LogP contribution in [-0.4, -0.2) is 40.4 Å². The third-order valence-corrected chi connectivity index (χ3v) is 5.95. The summed E-state index contributed by atoms with van der Waals surface area (Å²) in [5.74, 6) is 2.61. The van der Waals surface area contributed by atoms with E-state index in [4.69, 9.17) is 9.47 Å². The summed E-state index contributed by atoms with van der Waals surface area (Å²) in [5.41, 5.74) is 1.28. The molecule has 1 saturated carbocycles. The molecule has 4 heteroatoms. The van der Waals surface area contributed by atoms with Crippen molar-refractivity contribution in [1.82, 2.24) is 10.6 Å². The van der Waals surface area contributed by atoms with Crippen LogP contribution in [0.3, 0.4) is 0 Å². The van der Waals surface area contributed by atoms with Gasteiger partial charge in [-0.15, -0.1) is 0 Å². The second-order valence-electron chi connectivity index (χ2n) is 8.15. The van der Waals surface area contributed by atoms with Crippen molar-refractivity contribution in [3.8, 4) is 11.5 Å². The normalized spacial score (nSPS) is 14.9. The van der Waals surface area contributed by atoms with Crippen LogP contribution in [0.25, 0.3) is 0 Å². The molecule has 1 aliphatic carbocycles. The number of unbranched alkanes of at least 4 members (excludes halogenated alkanes) is 3. The fourth-order valence-electron chi connectivity index (χ4n) is 4.15. The van der Waals surface area contributed by atoms with Crippen molar-refractivity contribution in [2.24, 2.45) is 5.92 Å². The number of ether oxygens (including phenoxy) is 2. The van der Waals surface area contributed by atoms with Gasteiger partial charge >= 0.3 is 0 Å². The molecule has 0 aliphatic heterocycles. The first-order valence-electron chi connectivity index (χ1n) is 11.5. The summed E-state index contributed by atoms with van der Waals surface area (Å²) in [6.45, 7) is 4.54. The second-order valence-corrected chi connectivity index (χ2v) is 8.15. The molecule has 4 nitrogen and oxygen atoms in total. The molecule has 1 aromatic rings. The number of rotatable bonds is 15. The van der Waals surface area contributed by atoms with Crippen LogP contribution in [0.5, 0.6) is 11.5 Å². The minimum absolute atomic E-state index is 0.794. The van der Waals surface area contributed by atoms with Gasteiger partial charge in [-0.1, -0.05) is 51.0 Å². The van der Waals surface area contributed by atoms with Crippen molar-refractivity contribution in [3.63, 3.8) is 0 Å². The van der Waals surface area contributed by atoms with E-state index >= 15 is 0 Å². The summed E-state index contributed by atoms with van der Waals surface area (Å²) >= 11 is 0. The summed E-state index contributed by atoms with van der Waals surface area (Å²) < 4.78 is 10.6. The van der Waals surface area contributed by atoms with Crippen molar-refractivity contribution >= 4 is 0 Å². The van der Waals surface area contributed by atoms with E-state index in [0.717, 1.165) is 36.9 Å². The quantitative estimate of drug-likeness (QED) is 0.416. The molecule has 1 fully saturated rings. The van der Waals surface area contributed by atoms with E-state index in [2.05, 4.69) is 22.8 Å². The SMILES string of the molecule is COc1ccc(CCNCCCCCCNCCC2CCCCC2)cc1OC. The number of methoxy groups -OCH3 is 2. The highest BCUT2D eigenvalue weighted by Gasteiger charge is 2.12. The van der Waals surface area contributed by atoms with E-state index in [-0.39, 0.29) is 0 Å². The lowest BCUT2D eigenvalue weighted by atomic mass is 9.87. The summed E-state index contributed by atoms with van der Waals surface area (Å²) in [7, 11) is 3.36. The Labute approximate surface area is 172 Å². The van der Waals surface area contributed by atoms with E-state index in [1.54, 1.807) is 14.2 Å². The lowest BCUT2D eigenvalue weighted by Gasteiger charge is -2.21. The van der Waals surface area contributed by atoms with Gasteiger partial charge in [-0.3, -0.25) is 0 Å². The highest BCUT2D eigenvalue weighted by atomic mass is 16.5. The highest BCUT2D eigenvalue weighted by molar-refractivity contribution is 5.42. The Morgan fingerprint density at radius 1 is 0.786 bits per heavy atom. The van der Waals surface area contributed by atoms with Crippen LogP contribution < -0.4 is 20.1 Å². The molecule has 28 heavy (non-hydrogen) atoms. The minimum Gasteiger partial charge on any atom is -0.493 e. The second kappa shape index (κ2) is 14.7. The molecule has 2 rings (SSSR count). The first kappa shape index (κ1) is 23.0. The molecule has 0 spiro atoms. The third kappa shape index (κ3) is 9.29. The Bertz CT molecular complexity index is 515. The number of hydrogen-bond donors (Lipinski definition) is 2. The molecule has 0 saturated heterocycles. The molecule has 0 heterocycles. The first-order chi connectivity index (χ1) is 13.8. The van der Waals surface area contributed by atoms with Gasteiger partial charge in [-0.05, 0) is 75.5 Å². The van der Waals surface area contributed by atoms with Crippen molar-refractivity contribution in [2.75, 3.05) is 40.4 Å². The van der Waals surface area contributed by atoms with Crippen molar-refractivity contribution in [2.45, 2.75) is 70.6 Å². The van der Waals surface area contributed by atoms with Crippen LogP contribution in [0.1, 0.15) is 69.8 Å². The minimum atomic E-state index is 0.794. The number of benzene rings is 1. The number of hydrogen-bond acceptors (Lipinski definition) is 4. The van der Waals surface area contributed by atoms with Gasteiger partial charge in [0.2, 0.25) is 0 Å². The maximum atomic E-state index is 5.36. The van der Waals surface area contributed by atoms with Crippen molar-refractivity contribution in [1.29, 1.82) is 0 Å². The number of nitrogens with one attached hydrogen (secondary N) is 2. The molecule has 0 aromatic heterocycles. The predicted octanol–water partition coefficient (Wildman–Crippen LogP) is 4.96. The van der Waals surface area contributed by atoms with Crippen LogP contribution in [0.4, 0.5) is 0 Å². The maximum absolute atomic E-state index is 5.36. The first-order valence-corrected chi connectivity index (χ1v) is 11.5. The molecule has 0 bridgehead atoms. The summed E-state index contributed by atoms with van der Waals surface area (Å²) in [6, 6.07) is 6.17. The van der Waals surface area contributed by atoms with Gasteiger partial charge in [-0.2, -0.15) is 0 Å². The van der Waals surface area contributed by atoms with Gasteiger partial charge in [0.15, 0.2) is 11.5 Å². The average Bonchev–Trinajstić information content (AvgIpc) is 2.75. The zero-order chi connectivity index (χ0) is 19.9. The molecule has 1 aliphatic rings. The summed E-state index contributed by atoms with van der Waals surface area (Å²) in [6.07, 6.45) is 15.0. The standard InChI is InChI=1S/C24H42N2O2/c1-27-23-13-12-22(20-24(23)28-2)15-19-26-17-9-4-3-8-16-25-18-14-21-10-6-5-7-11-21/h12-13,20-21,25-26H,3-11,14-19H2,1-2H3. The molecule has 0 amide bonds. The van der Waals surface area contributed by atoms with Crippen molar-refractivity contribution < 1.29 is 9.47 Å². The van der Waals surface area contributed by atoms with Crippen LogP contribution in [0, 0.1) is 5.92 Å². The zero-order valence-corrected chi connectivity index (χ0v) is 18.2. The predicted molar refractivity (Wildman–Crippen MR) is 119 cm³/mol. The van der Waals surface area contributed by atoms with Crippen LogP contribution in [0.2, 0.25) is 0 Å². The summed E-state index contributed by atoms with van der Waals surface area (Å²) in [4.78, 5) is 0. The van der Waals surface area contributed by atoms with Gasteiger partial charge in [-0.25, -0.2) is 0 Å². The fraction of sp³-hybridized carbons (Fsp3) is 0.750. The molecule has 160 valence electrons. The average molecular weight is 391 g/mol.